The van der Waals surface area contributed by atoms with Crippen molar-refractivity contribution in [3.05, 3.63) is 72.6 Å². The SMILES string of the molecule is COC(=O)N[C@@H](C)C(=O)N[C@H](c1ncc(-c2ccc(-c3ccc(-c4cnc([C@@H]5[C@H]6CC[C@H](C6)N5C(=O)[C@H](C)NC(=O)OC)[nH]4)cc3)cc2)[nH]1)C1CCCC1. The Balaban J connectivity index is 1.02. The van der Waals surface area contributed by atoms with Gasteiger partial charge in [0.05, 0.1) is 50.1 Å². The van der Waals surface area contributed by atoms with E-state index in [1.165, 1.54) is 14.2 Å². The van der Waals surface area contributed by atoms with E-state index in [1.807, 2.05) is 11.1 Å². The summed E-state index contributed by atoms with van der Waals surface area (Å²) >= 11 is 0. The zero-order chi connectivity index (χ0) is 37.9. The molecule has 2 aromatic heterocycles. The molecule has 54 heavy (non-hydrogen) atoms. The van der Waals surface area contributed by atoms with Gasteiger partial charge in [0.25, 0.3) is 0 Å². The summed E-state index contributed by atoms with van der Waals surface area (Å²) in [7, 11) is 2.55. The van der Waals surface area contributed by atoms with Crippen molar-refractivity contribution in [2.45, 2.75) is 89.0 Å². The van der Waals surface area contributed by atoms with Gasteiger partial charge in [0.2, 0.25) is 11.8 Å². The lowest BCUT2D eigenvalue weighted by atomic mass is 9.97. The van der Waals surface area contributed by atoms with Crippen LogP contribution in [-0.2, 0) is 19.1 Å². The number of hydrogen-bond acceptors (Lipinski definition) is 8. The second-order valence-electron chi connectivity index (χ2n) is 14.7. The highest BCUT2D eigenvalue weighted by atomic mass is 16.5. The van der Waals surface area contributed by atoms with Gasteiger partial charge in [-0.1, -0.05) is 61.4 Å². The first-order valence-electron chi connectivity index (χ1n) is 18.8. The molecule has 4 aromatic rings. The van der Waals surface area contributed by atoms with E-state index in [0.29, 0.717) is 11.7 Å². The zero-order valence-corrected chi connectivity index (χ0v) is 31.1. The summed E-state index contributed by atoms with van der Waals surface area (Å²) in [5, 5.41) is 8.26. The number of methoxy groups -OCH3 is 2. The van der Waals surface area contributed by atoms with Crippen molar-refractivity contribution in [3.63, 3.8) is 0 Å². The van der Waals surface area contributed by atoms with Crippen LogP contribution < -0.4 is 16.0 Å². The van der Waals surface area contributed by atoms with E-state index in [4.69, 9.17) is 9.72 Å². The second kappa shape index (κ2) is 15.7. The fourth-order valence-electron chi connectivity index (χ4n) is 8.42. The number of likely N-dealkylation sites (tertiary alicyclic amines) is 1. The first kappa shape index (κ1) is 36.7. The Hall–Kier alpha value is -5.66. The summed E-state index contributed by atoms with van der Waals surface area (Å²) in [6, 6.07) is 14.8. The van der Waals surface area contributed by atoms with Crippen LogP contribution in [-0.4, -0.2) is 81.2 Å². The Bertz CT molecular complexity index is 1970. The average molecular weight is 737 g/mol. The van der Waals surface area contributed by atoms with Gasteiger partial charge in [-0.05, 0) is 80.0 Å². The maximum absolute atomic E-state index is 13.5. The van der Waals surface area contributed by atoms with Gasteiger partial charge in [0, 0.05) is 6.04 Å². The molecule has 3 fully saturated rings. The van der Waals surface area contributed by atoms with Crippen LogP contribution in [0.15, 0.2) is 60.9 Å². The van der Waals surface area contributed by atoms with Crippen LogP contribution in [0, 0.1) is 11.8 Å². The number of aromatic amines is 2. The van der Waals surface area contributed by atoms with Crippen LogP contribution in [0.2, 0.25) is 0 Å². The van der Waals surface area contributed by atoms with Crippen LogP contribution in [0.25, 0.3) is 33.6 Å². The number of alkyl carbamates (subject to hydrolysis) is 2. The third-order valence-corrected chi connectivity index (χ3v) is 11.3. The summed E-state index contributed by atoms with van der Waals surface area (Å²) in [6.07, 6.45) is 9.46. The summed E-state index contributed by atoms with van der Waals surface area (Å²) < 4.78 is 9.35. The highest BCUT2D eigenvalue weighted by Gasteiger charge is 2.50. The number of hydrogen-bond donors (Lipinski definition) is 5. The number of H-pyrrole nitrogens is 2. The fraction of sp³-hybridized carbons (Fsp3) is 0.450. The Morgan fingerprint density at radius 1 is 0.722 bits per heavy atom. The van der Waals surface area contributed by atoms with Gasteiger partial charge in [-0.2, -0.15) is 0 Å². The van der Waals surface area contributed by atoms with Gasteiger partial charge in [-0.25, -0.2) is 19.6 Å². The number of aromatic nitrogens is 4. The predicted octanol–water partition coefficient (Wildman–Crippen LogP) is 6.02. The molecular weight excluding hydrogens is 688 g/mol. The number of amides is 4. The molecule has 1 aliphatic heterocycles. The van der Waals surface area contributed by atoms with Gasteiger partial charge in [-0.3, -0.25) is 9.59 Å². The van der Waals surface area contributed by atoms with Crippen molar-refractivity contribution in [1.82, 2.24) is 40.8 Å². The fourth-order valence-corrected chi connectivity index (χ4v) is 8.42. The van der Waals surface area contributed by atoms with Gasteiger partial charge in [0.15, 0.2) is 0 Å². The van der Waals surface area contributed by atoms with Crippen LogP contribution >= 0.6 is 0 Å². The average Bonchev–Trinajstić information content (AvgIpc) is 4.05. The van der Waals surface area contributed by atoms with Gasteiger partial charge in [-0.15, -0.1) is 0 Å². The first-order chi connectivity index (χ1) is 26.1. The lowest BCUT2D eigenvalue weighted by Crippen LogP contribution is -2.50. The molecule has 1 saturated heterocycles. The van der Waals surface area contributed by atoms with E-state index >= 15 is 0 Å². The molecule has 2 bridgehead atoms. The van der Waals surface area contributed by atoms with E-state index in [2.05, 4.69) is 84.2 Å². The molecule has 3 aliphatic rings. The molecular formula is C40H48N8O6. The van der Waals surface area contributed by atoms with Gasteiger partial charge < -0.3 is 40.3 Å². The minimum atomic E-state index is -0.752. The second-order valence-corrected chi connectivity index (χ2v) is 14.7. The summed E-state index contributed by atoms with van der Waals surface area (Å²) in [5.74, 6) is 1.61. The molecule has 0 spiro atoms. The number of rotatable bonds is 11. The van der Waals surface area contributed by atoms with E-state index in [0.717, 1.165) is 84.4 Å². The van der Waals surface area contributed by atoms with Crippen LogP contribution in [0.1, 0.15) is 82.5 Å². The highest BCUT2D eigenvalue weighted by Crippen LogP contribution is 2.50. The molecule has 14 heteroatoms. The maximum Gasteiger partial charge on any atom is 0.407 e. The molecule has 284 valence electrons. The Kier molecular flexibility index (Phi) is 10.7. The van der Waals surface area contributed by atoms with Gasteiger partial charge >= 0.3 is 12.2 Å². The standard InChI is InChI=1S/C40H48N8O6/c1-22(43-39(51)53-3)37(49)47-33(28-7-5-6-8-28)35-41-20-31(45-35)26-13-9-24(10-14-26)25-11-15-27(16-12-25)32-21-42-36(46-32)34-29-17-18-30(19-29)48(34)38(50)23(2)44-40(52)54-4/h9-16,20-23,28-30,33-34H,5-8,17-19H2,1-4H3,(H,41,45)(H,42,46)(H,43,51)(H,44,52)(H,47,49)/t22-,23-,29-,30+,33-,34-/m0/s1. The number of carbonyl (C=O) groups excluding carboxylic acids is 4. The maximum atomic E-state index is 13.5. The van der Waals surface area contributed by atoms with Crippen LogP contribution in [0.4, 0.5) is 9.59 Å². The van der Waals surface area contributed by atoms with Crippen molar-refractivity contribution < 1.29 is 28.7 Å². The third kappa shape index (κ3) is 7.55. The molecule has 7 rings (SSSR count). The molecule has 2 aromatic carbocycles. The smallest absolute Gasteiger partial charge is 0.407 e. The Labute approximate surface area is 314 Å². The number of benzene rings is 2. The molecule has 14 nitrogen and oxygen atoms in total. The number of carbonyl (C=O) groups is 4. The van der Waals surface area contributed by atoms with Crippen molar-refractivity contribution >= 4 is 24.0 Å². The number of nitrogens with zero attached hydrogens (tertiary/aromatic N) is 3. The molecule has 0 unspecified atom stereocenters. The van der Waals surface area contributed by atoms with Crippen molar-refractivity contribution in [1.29, 1.82) is 0 Å². The molecule has 5 N–H and O–H groups in total. The van der Waals surface area contributed by atoms with Gasteiger partial charge in [0.1, 0.15) is 23.7 Å². The topological polar surface area (TPSA) is 183 Å². The van der Waals surface area contributed by atoms with Crippen LogP contribution in [0.3, 0.4) is 0 Å². The Morgan fingerprint density at radius 2 is 1.28 bits per heavy atom. The lowest BCUT2D eigenvalue weighted by molar-refractivity contribution is -0.137. The number of piperidine rings is 1. The number of imidazole rings is 2. The molecule has 2 saturated carbocycles. The summed E-state index contributed by atoms with van der Waals surface area (Å²) in [5.41, 5.74) is 5.81. The monoisotopic (exact) mass is 736 g/mol. The number of nitrogens with one attached hydrogen (secondary N) is 5. The predicted molar refractivity (Wildman–Crippen MR) is 201 cm³/mol. The molecule has 4 amide bonds. The normalized spacial score (nSPS) is 21.0. The highest BCUT2D eigenvalue weighted by molar-refractivity contribution is 5.86. The summed E-state index contributed by atoms with van der Waals surface area (Å²) in [4.78, 5) is 68.2. The van der Waals surface area contributed by atoms with E-state index in [9.17, 15) is 19.2 Å². The van der Waals surface area contributed by atoms with E-state index in [-0.39, 0.29) is 35.9 Å². The van der Waals surface area contributed by atoms with E-state index < -0.39 is 24.3 Å². The van der Waals surface area contributed by atoms with E-state index in [1.54, 1.807) is 20.0 Å². The van der Waals surface area contributed by atoms with Crippen LogP contribution in [0.5, 0.6) is 0 Å². The van der Waals surface area contributed by atoms with Crippen molar-refractivity contribution in [3.8, 4) is 33.6 Å². The van der Waals surface area contributed by atoms with Crippen molar-refractivity contribution in [2.24, 2.45) is 11.8 Å². The molecule has 3 heterocycles. The third-order valence-electron chi connectivity index (χ3n) is 11.3. The van der Waals surface area contributed by atoms with Crippen molar-refractivity contribution in [2.75, 3.05) is 14.2 Å². The zero-order valence-electron chi connectivity index (χ0n) is 31.1. The molecule has 6 atom stereocenters. The lowest BCUT2D eigenvalue weighted by Gasteiger charge is -2.36. The molecule has 2 aliphatic carbocycles. The summed E-state index contributed by atoms with van der Waals surface area (Å²) in [6.45, 7) is 3.31. The minimum Gasteiger partial charge on any atom is -0.453 e. The number of fused-ring (bicyclic) bond motifs is 2. The number of ether oxygens (including phenoxy) is 2. The minimum absolute atomic E-state index is 0.128. The largest absolute Gasteiger partial charge is 0.453 e. The molecule has 0 radical (unpaired) electrons. The quantitative estimate of drug-likeness (QED) is 0.124. The Morgan fingerprint density at radius 3 is 1.89 bits per heavy atom. The first-order valence-corrected chi connectivity index (χ1v) is 18.8.